The summed E-state index contributed by atoms with van der Waals surface area (Å²) in [6.45, 7) is 4.85. The van der Waals surface area contributed by atoms with Crippen LogP contribution in [-0.2, 0) is 17.8 Å². The van der Waals surface area contributed by atoms with Crippen LogP contribution in [0.15, 0.2) is 24.3 Å². The first kappa shape index (κ1) is 11.8. The molecule has 0 saturated heterocycles. The molecule has 17 heavy (non-hydrogen) atoms. The van der Waals surface area contributed by atoms with E-state index in [0.717, 1.165) is 24.2 Å². The van der Waals surface area contributed by atoms with Crippen molar-refractivity contribution in [3.05, 3.63) is 30.0 Å². The fourth-order valence-electron chi connectivity index (χ4n) is 2.06. The van der Waals surface area contributed by atoms with Gasteiger partial charge >= 0.3 is 0 Å². The summed E-state index contributed by atoms with van der Waals surface area (Å²) >= 11 is 0. The molecule has 0 atom stereocenters. The highest BCUT2D eigenvalue weighted by molar-refractivity contribution is 5.83. The Morgan fingerprint density at radius 3 is 2.76 bits per heavy atom. The van der Waals surface area contributed by atoms with Gasteiger partial charge in [0.1, 0.15) is 5.78 Å². The summed E-state index contributed by atoms with van der Waals surface area (Å²) in [4.78, 5) is 11.4. The molecule has 2 aromatic rings. The van der Waals surface area contributed by atoms with Crippen molar-refractivity contribution in [2.24, 2.45) is 0 Å². The molecule has 0 amide bonds. The zero-order chi connectivity index (χ0) is 12.3. The molecule has 0 aliphatic rings. The zero-order valence-corrected chi connectivity index (χ0v) is 10.4. The lowest BCUT2D eigenvalue weighted by Gasteiger charge is -1.96. The van der Waals surface area contributed by atoms with E-state index in [-0.39, 0.29) is 0 Å². The highest BCUT2D eigenvalue weighted by Gasteiger charge is 2.09. The molecule has 3 nitrogen and oxygen atoms in total. The van der Waals surface area contributed by atoms with Crippen LogP contribution in [0, 0.1) is 0 Å². The van der Waals surface area contributed by atoms with Crippen molar-refractivity contribution in [1.29, 1.82) is 0 Å². The van der Waals surface area contributed by atoms with E-state index in [1.807, 2.05) is 23.7 Å². The van der Waals surface area contributed by atoms with Crippen molar-refractivity contribution >= 4 is 16.7 Å². The second-order valence-electron chi connectivity index (χ2n) is 4.17. The van der Waals surface area contributed by atoms with Gasteiger partial charge in [0.25, 0.3) is 0 Å². The van der Waals surface area contributed by atoms with Crippen molar-refractivity contribution in [2.75, 3.05) is 0 Å². The van der Waals surface area contributed by atoms with Crippen LogP contribution in [0.4, 0.5) is 0 Å². The minimum Gasteiger partial charge on any atom is -0.300 e. The van der Waals surface area contributed by atoms with Crippen molar-refractivity contribution in [2.45, 2.75) is 39.7 Å². The molecule has 0 aliphatic carbocycles. The van der Waals surface area contributed by atoms with Gasteiger partial charge in [-0.2, -0.15) is 5.10 Å². The third-order valence-corrected chi connectivity index (χ3v) is 3.07. The third-order valence-electron chi connectivity index (χ3n) is 3.07. The lowest BCUT2D eigenvalue weighted by molar-refractivity contribution is -0.118. The molecule has 0 spiro atoms. The minimum atomic E-state index is 0.306. The Bertz CT molecular complexity index is 528. The monoisotopic (exact) mass is 230 g/mol. The number of aryl methyl sites for hydroxylation is 2. The maximum atomic E-state index is 11.4. The molecule has 0 unspecified atom stereocenters. The van der Waals surface area contributed by atoms with E-state index in [0.29, 0.717) is 18.6 Å². The predicted molar refractivity (Wildman–Crippen MR) is 69.0 cm³/mol. The molecule has 1 aromatic heterocycles. The number of para-hydroxylation sites is 1. The van der Waals surface area contributed by atoms with Crippen LogP contribution in [0.25, 0.3) is 10.9 Å². The van der Waals surface area contributed by atoms with Gasteiger partial charge in [-0.05, 0) is 19.4 Å². The SMILES string of the molecule is CCC(=O)CCc1nn(CC)c2ccccc12. The highest BCUT2D eigenvalue weighted by Crippen LogP contribution is 2.19. The van der Waals surface area contributed by atoms with Crippen molar-refractivity contribution in [3.63, 3.8) is 0 Å². The average molecular weight is 230 g/mol. The number of aromatic nitrogens is 2. The maximum absolute atomic E-state index is 11.4. The van der Waals surface area contributed by atoms with Gasteiger partial charge in [0.05, 0.1) is 11.2 Å². The molecule has 0 radical (unpaired) electrons. The van der Waals surface area contributed by atoms with Gasteiger partial charge < -0.3 is 0 Å². The normalized spacial score (nSPS) is 10.9. The van der Waals surface area contributed by atoms with Gasteiger partial charge in [-0.15, -0.1) is 0 Å². The second-order valence-corrected chi connectivity index (χ2v) is 4.17. The summed E-state index contributed by atoms with van der Waals surface area (Å²) < 4.78 is 2.00. The van der Waals surface area contributed by atoms with Crippen LogP contribution in [0.2, 0.25) is 0 Å². The molecule has 0 saturated carbocycles. The first-order chi connectivity index (χ1) is 8.26. The predicted octanol–water partition coefficient (Wildman–Crippen LogP) is 2.97. The molecule has 1 aromatic carbocycles. The van der Waals surface area contributed by atoms with Gasteiger partial charge in [0.2, 0.25) is 0 Å². The molecule has 0 bridgehead atoms. The topological polar surface area (TPSA) is 34.9 Å². The van der Waals surface area contributed by atoms with Crippen LogP contribution in [0.5, 0.6) is 0 Å². The van der Waals surface area contributed by atoms with Gasteiger partial charge in [-0.1, -0.05) is 25.1 Å². The van der Waals surface area contributed by atoms with Crippen LogP contribution in [0.3, 0.4) is 0 Å². The summed E-state index contributed by atoms with van der Waals surface area (Å²) in [5.74, 6) is 0.306. The van der Waals surface area contributed by atoms with Crippen LogP contribution in [-0.4, -0.2) is 15.6 Å². The van der Waals surface area contributed by atoms with Crippen molar-refractivity contribution in [3.8, 4) is 0 Å². The smallest absolute Gasteiger partial charge is 0.133 e. The Balaban J connectivity index is 2.31. The summed E-state index contributed by atoms with van der Waals surface area (Å²) in [5.41, 5.74) is 2.21. The van der Waals surface area contributed by atoms with E-state index in [4.69, 9.17) is 0 Å². The van der Waals surface area contributed by atoms with Gasteiger partial charge in [-0.25, -0.2) is 0 Å². The highest BCUT2D eigenvalue weighted by atomic mass is 16.1. The van der Waals surface area contributed by atoms with Gasteiger partial charge in [0, 0.05) is 24.8 Å². The number of Topliss-reactive ketones (excluding diaryl/α,β-unsaturated/α-hetero) is 1. The number of benzene rings is 1. The lowest BCUT2D eigenvalue weighted by Crippen LogP contribution is -2.00. The molecule has 3 heteroatoms. The zero-order valence-electron chi connectivity index (χ0n) is 10.4. The van der Waals surface area contributed by atoms with Gasteiger partial charge in [-0.3, -0.25) is 9.48 Å². The van der Waals surface area contributed by atoms with Crippen molar-refractivity contribution < 1.29 is 4.79 Å². The fraction of sp³-hybridized carbons (Fsp3) is 0.429. The molecule has 1 heterocycles. The van der Waals surface area contributed by atoms with Gasteiger partial charge in [0.15, 0.2) is 0 Å². The Morgan fingerprint density at radius 1 is 1.29 bits per heavy atom. The molecule has 2 rings (SSSR count). The van der Waals surface area contributed by atoms with E-state index in [2.05, 4.69) is 24.2 Å². The summed E-state index contributed by atoms with van der Waals surface area (Å²) in [7, 11) is 0. The van der Waals surface area contributed by atoms with Crippen LogP contribution >= 0.6 is 0 Å². The number of ketones is 1. The first-order valence-corrected chi connectivity index (χ1v) is 6.22. The van der Waals surface area contributed by atoms with Crippen molar-refractivity contribution in [1.82, 2.24) is 9.78 Å². The van der Waals surface area contributed by atoms with Crippen LogP contribution < -0.4 is 0 Å². The first-order valence-electron chi connectivity index (χ1n) is 6.22. The summed E-state index contributed by atoms with van der Waals surface area (Å²) in [6.07, 6.45) is 1.97. The number of fused-ring (bicyclic) bond motifs is 1. The maximum Gasteiger partial charge on any atom is 0.133 e. The molecule has 0 fully saturated rings. The summed E-state index contributed by atoms with van der Waals surface area (Å²) in [5, 5.41) is 5.76. The number of nitrogens with zero attached hydrogens (tertiary/aromatic N) is 2. The Hall–Kier alpha value is -1.64. The summed E-state index contributed by atoms with van der Waals surface area (Å²) in [6, 6.07) is 8.21. The van der Waals surface area contributed by atoms with Crippen LogP contribution in [0.1, 0.15) is 32.4 Å². The number of carbonyl (C=O) groups is 1. The molecule has 90 valence electrons. The molecule has 0 aliphatic heterocycles. The van der Waals surface area contributed by atoms with E-state index in [9.17, 15) is 4.79 Å². The quantitative estimate of drug-likeness (QED) is 0.791. The Kier molecular flexibility index (Phi) is 3.57. The molecule has 0 N–H and O–H groups in total. The molecular weight excluding hydrogens is 212 g/mol. The average Bonchev–Trinajstić information content (AvgIpc) is 2.74. The van der Waals surface area contributed by atoms with E-state index >= 15 is 0 Å². The number of rotatable bonds is 5. The largest absolute Gasteiger partial charge is 0.300 e. The fourth-order valence-corrected chi connectivity index (χ4v) is 2.06. The number of hydrogen-bond donors (Lipinski definition) is 0. The van der Waals surface area contributed by atoms with E-state index in [1.54, 1.807) is 0 Å². The Labute approximate surface area is 101 Å². The standard InChI is InChI=1S/C14H18N2O/c1-3-11(17)9-10-13-12-7-5-6-8-14(12)16(4-2)15-13/h5-8H,3-4,9-10H2,1-2H3. The third kappa shape index (κ3) is 2.38. The second kappa shape index (κ2) is 5.13. The Morgan fingerprint density at radius 2 is 2.06 bits per heavy atom. The minimum absolute atomic E-state index is 0.306. The van der Waals surface area contributed by atoms with E-state index < -0.39 is 0 Å². The number of hydrogen-bond acceptors (Lipinski definition) is 2. The molecular formula is C14H18N2O. The van der Waals surface area contributed by atoms with E-state index in [1.165, 1.54) is 5.39 Å². The lowest BCUT2D eigenvalue weighted by atomic mass is 10.1. The number of carbonyl (C=O) groups excluding carboxylic acids is 1.